The first-order chi connectivity index (χ1) is 29.4. The Hall–Kier alpha value is -6.42. The minimum atomic E-state index is -2.54. The maximum atomic E-state index is 15.4. The van der Waals surface area contributed by atoms with E-state index in [1.165, 1.54) is 23.8 Å². The van der Waals surface area contributed by atoms with Crippen LogP contribution in [0.5, 0.6) is 11.5 Å². The van der Waals surface area contributed by atoms with Gasteiger partial charge in [-0.05, 0) is 65.6 Å². The molecule has 5 atom stereocenters. The number of nitro groups is 1. The van der Waals surface area contributed by atoms with Gasteiger partial charge in [-0.3, -0.25) is 29.0 Å². The van der Waals surface area contributed by atoms with Crippen LogP contribution >= 0.6 is 0 Å². The van der Waals surface area contributed by atoms with Gasteiger partial charge < -0.3 is 24.2 Å². The van der Waals surface area contributed by atoms with Crippen molar-refractivity contribution in [2.45, 2.75) is 62.7 Å². The smallest absolute Gasteiger partial charge is 0.297 e. The third kappa shape index (κ3) is 7.32. The second-order valence-electron chi connectivity index (χ2n) is 16.3. The number of rotatable bonds is 14. The van der Waals surface area contributed by atoms with Crippen LogP contribution in [0.15, 0.2) is 126 Å². The Morgan fingerprint density at radius 1 is 0.951 bits per heavy atom. The molecule has 0 radical (unpaired) electrons. The second-order valence-corrected chi connectivity index (χ2v) is 21.0. The zero-order chi connectivity index (χ0) is 43.1. The standard InChI is InChI=1S/C46H48N6O8Si/c1-30-43(61(4,5)36-20-18-35(58-2)19-21-36)41(23-25-49-28-39(47-48-49)37(29-53)32-10-7-6-8-11-32)60-46(30)38-26-34(52(56)57)17-22-40(38)51(45(46)55)27-31-13-15-33(16-14-31)50-24-9-12-42(59-3)44(50)54/h6-22,24,26,28,30,37,41,43,53H,23,25,27,29H2,1-5H3/t30-,37?,41+,43-,46+/m1/s1. The fourth-order valence-electron chi connectivity index (χ4n) is 9.52. The van der Waals surface area contributed by atoms with E-state index in [9.17, 15) is 20.0 Å². The SMILES string of the molecule is COc1ccc([Si](C)(C)[C@H]2[C@H](CCn3cc(C(CO)c4ccccc4)nn3)O[C@@]3(C(=O)N(Cc4ccc(-n5cccc(OC)c5=O)cc4)c4ccc([N+](=O)[O-])cc43)[C@@H]2C)cc1. The van der Waals surface area contributed by atoms with Crippen LogP contribution in [0.25, 0.3) is 5.69 Å². The van der Waals surface area contributed by atoms with E-state index in [0.29, 0.717) is 35.6 Å². The molecule has 61 heavy (non-hydrogen) atoms. The molecule has 4 aromatic carbocycles. The molecule has 15 heteroatoms. The number of methoxy groups -OCH3 is 2. The van der Waals surface area contributed by atoms with Crippen LogP contribution in [0, 0.1) is 16.0 Å². The van der Waals surface area contributed by atoms with E-state index in [4.69, 9.17) is 14.2 Å². The molecule has 314 valence electrons. The highest BCUT2D eigenvalue weighted by molar-refractivity contribution is 6.91. The minimum absolute atomic E-state index is 0.129. The van der Waals surface area contributed by atoms with Crippen LogP contribution in [-0.4, -0.2) is 70.5 Å². The van der Waals surface area contributed by atoms with Crippen molar-refractivity contribution in [2.24, 2.45) is 5.92 Å². The van der Waals surface area contributed by atoms with Crippen molar-refractivity contribution < 1.29 is 29.0 Å². The number of anilines is 1. The Morgan fingerprint density at radius 2 is 1.69 bits per heavy atom. The van der Waals surface area contributed by atoms with E-state index in [1.54, 1.807) is 41.1 Å². The number of nitro benzene ring substituents is 1. The Morgan fingerprint density at radius 3 is 2.36 bits per heavy atom. The number of hydrogen-bond donors (Lipinski definition) is 1. The number of aromatic nitrogens is 4. The molecule has 1 fully saturated rings. The number of non-ortho nitro benzene ring substituents is 1. The average molecular weight is 841 g/mol. The molecule has 1 saturated heterocycles. The third-order valence-corrected chi connectivity index (χ3v) is 17.0. The van der Waals surface area contributed by atoms with Gasteiger partial charge >= 0.3 is 0 Å². The fourth-order valence-corrected chi connectivity index (χ4v) is 13.6. The van der Waals surface area contributed by atoms with E-state index >= 15 is 4.79 Å². The molecule has 1 N–H and O–H groups in total. The van der Waals surface area contributed by atoms with Gasteiger partial charge in [0.25, 0.3) is 17.2 Å². The zero-order valence-electron chi connectivity index (χ0n) is 34.7. The van der Waals surface area contributed by atoms with Crippen LogP contribution in [0.3, 0.4) is 0 Å². The molecular weight excluding hydrogens is 793 g/mol. The summed E-state index contributed by atoms with van der Waals surface area (Å²) in [5.41, 5.74) is 1.94. The molecule has 1 spiro atoms. The number of ether oxygens (including phenoxy) is 3. The molecule has 4 heterocycles. The van der Waals surface area contributed by atoms with Gasteiger partial charge in [0.2, 0.25) is 0 Å². The summed E-state index contributed by atoms with van der Waals surface area (Å²) in [6.07, 6.45) is 3.53. The normalized spacial score (nSPS) is 20.2. The highest BCUT2D eigenvalue weighted by atomic mass is 28.3. The van der Waals surface area contributed by atoms with Crippen molar-refractivity contribution >= 4 is 30.5 Å². The Labute approximate surface area is 354 Å². The van der Waals surface area contributed by atoms with Crippen LogP contribution in [0.1, 0.15) is 41.6 Å². The highest BCUT2D eigenvalue weighted by Gasteiger charge is 2.66. The first-order valence-corrected chi connectivity index (χ1v) is 23.3. The number of nitrogens with zero attached hydrogens (tertiary/aromatic N) is 6. The molecule has 2 aliphatic heterocycles. The molecule has 1 amide bonds. The number of carbonyl (C=O) groups is 1. The van der Waals surface area contributed by atoms with Gasteiger partial charge in [-0.25, -0.2) is 0 Å². The van der Waals surface area contributed by atoms with E-state index < -0.39 is 30.6 Å². The number of aryl methyl sites for hydroxylation is 1. The van der Waals surface area contributed by atoms with Crippen molar-refractivity contribution in [2.75, 3.05) is 25.7 Å². The number of aliphatic hydroxyl groups excluding tert-OH is 1. The number of amides is 1. The largest absolute Gasteiger partial charge is 0.497 e. The van der Waals surface area contributed by atoms with Gasteiger partial charge in [0.15, 0.2) is 11.4 Å². The van der Waals surface area contributed by atoms with Crippen LogP contribution in [-0.2, 0) is 28.2 Å². The zero-order valence-corrected chi connectivity index (χ0v) is 35.7. The molecule has 2 aliphatic rings. The predicted octanol–water partition coefficient (Wildman–Crippen LogP) is 6.33. The van der Waals surface area contributed by atoms with E-state index in [-0.39, 0.29) is 47.5 Å². The summed E-state index contributed by atoms with van der Waals surface area (Å²) >= 11 is 0. The van der Waals surface area contributed by atoms with E-state index in [1.807, 2.05) is 79.9 Å². The number of pyridine rings is 1. The Bertz CT molecular complexity index is 2620. The number of aliphatic hydroxyl groups is 1. The third-order valence-electron chi connectivity index (χ3n) is 12.7. The lowest BCUT2D eigenvalue weighted by Crippen LogP contribution is -2.51. The number of hydrogen-bond acceptors (Lipinski definition) is 10. The molecule has 0 bridgehead atoms. The maximum absolute atomic E-state index is 15.4. The Balaban J connectivity index is 1.16. The number of benzene rings is 4. The second kappa shape index (κ2) is 16.6. The maximum Gasteiger partial charge on any atom is 0.297 e. The summed E-state index contributed by atoms with van der Waals surface area (Å²) in [5, 5.41) is 32.7. The van der Waals surface area contributed by atoms with Gasteiger partial charge in [0, 0.05) is 48.2 Å². The van der Waals surface area contributed by atoms with Crippen molar-refractivity contribution in [3.8, 4) is 17.2 Å². The molecular formula is C46H48N6O8Si. The number of fused-ring (bicyclic) bond motifs is 2. The highest BCUT2D eigenvalue weighted by Crippen LogP contribution is 2.60. The lowest BCUT2D eigenvalue weighted by molar-refractivity contribution is -0.385. The predicted molar refractivity (Wildman–Crippen MR) is 232 cm³/mol. The van der Waals surface area contributed by atoms with Crippen molar-refractivity contribution in [3.63, 3.8) is 0 Å². The molecule has 0 saturated carbocycles. The fraction of sp³-hybridized carbons (Fsp3) is 0.304. The molecule has 1 unspecified atom stereocenters. The lowest BCUT2D eigenvalue weighted by Gasteiger charge is -2.37. The van der Waals surface area contributed by atoms with E-state index in [0.717, 1.165) is 22.1 Å². The monoisotopic (exact) mass is 840 g/mol. The molecule has 2 aromatic heterocycles. The van der Waals surface area contributed by atoms with Crippen LogP contribution in [0.4, 0.5) is 11.4 Å². The lowest BCUT2D eigenvalue weighted by atomic mass is 9.82. The summed E-state index contributed by atoms with van der Waals surface area (Å²) in [4.78, 5) is 41.9. The van der Waals surface area contributed by atoms with Gasteiger partial charge in [0.05, 0.1) is 63.8 Å². The van der Waals surface area contributed by atoms with Gasteiger partial charge in [-0.15, -0.1) is 5.10 Å². The summed E-state index contributed by atoms with van der Waals surface area (Å²) < 4.78 is 21.2. The Kier molecular flexibility index (Phi) is 11.2. The minimum Gasteiger partial charge on any atom is -0.497 e. The molecule has 8 rings (SSSR count). The summed E-state index contributed by atoms with van der Waals surface area (Å²) in [6, 6.07) is 33.0. The van der Waals surface area contributed by atoms with Crippen molar-refractivity contribution in [1.29, 1.82) is 0 Å². The van der Waals surface area contributed by atoms with Gasteiger partial charge in [0.1, 0.15) is 5.75 Å². The van der Waals surface area contributed by atoms with Crippen molar-refractivity contribution in [3.05, 3.63) is 164 Å². The summed E-state index contributed by atoms with van der Waals surface area (Å²) in [5.74, 6) is -0.0691. The van der Waals surface area contributed by atoms with E-state index in [2.05, 4.69) is 35.5 Å². The molecule has 6 aromatic rings. The van der Waals surface area contributed by atoms with Gasteiger partial charge in [-0.1, -0.05) is 85.0 Å². The first-order valence-electron chi connectivity index (χ1n) is 20.2. The quantitative estimate of drug-likeness (QED) is 0.0745. The van der Waals surface area contributed by atoms with Gasteiger partial charge in [-0.2, -0.15) is 0 Å². The number of carbonyl (C=O) groups excluding carboxylic acids is 1. The van der Waals surface area contributed by atoms with Crippen molar-refractivity contribution in [1.82, 2.24) is 19.6 Å². The average Bonchev–Trinajstić information content (AvgIpc) is 3.93. The topological polar surface area (TPSA) is 164 Å². The molecule has 14 nitrogen and oxygen atoms in total. The van der Waals surface area contributed by atoms with Crippen LogP contribution < -0.4 is 25.1 Å². The first kappa shape index (κ1) is 41.3. The summed E-state index contributed by atoms with van der Waals surface area (Å²) in [7, 11) is 0.546. The van der Waals surface area contributed by atoms with Crippen LogP contribution in [0.2, 0.25) is 18.6 Å². The molecule has 0 aliphatic carbocycles. The summed E-state index contributed by atoms with van der Waals surface area (Å²) in [6.45, 7) is 7.07.